The minimum atomic E-state index is -0.606. The van der Waals surface area contributed by atoms with Crippen molar-refractivity contribution in [3.63, 3.8) is 0 Å². The largest absolute Gasteiger partial charge is 0.540 e. The molecule has 0 aromatic carbocycles. The third-order valence-corrected chi connectivity index (χ3v) is 2.53. The molecule has 0 saturated carbocycles. The van der Waals surface area contributed by atoms with Crippen LogP contribution in [0.4, 0.5) is 0 Å². The van der Waals surface area contributed by atoms with Gasteiger partial charge in [-0.25, -0.2) is 25.1 Å². The standard InChI is InChI=1S/C8H10N3O3.Y/c1-9-7(13)10-4-2-3-6(5-12)11(10)8(9)14;/h6H,2-4H2,1H3;/q-1;. The maximum absolute atomic E-state index is 11.5. The van der Waals surface area contributed by atoms with E-state index in [0.717, 1.165) is 11.0 Å². The van der Waals surface area contributed by atoms with Crippen LogP contribution in [0.25, 0.3) is 0 Å². The summed E-state index contributed by atoms with van der Waals surface area (Å²) >= 11 is 0. The van der Waals surface area contributed by atoms with Gasteiger partial charge in [-0.3, -0.25) is 4.68 Å². The first-order valence-corrected chi connectivity index (χ1v) is 4.43. The number of nitrogens with zero attached hydrogens (tertiary/aromatic N) is 3. The first kappa shape index (κ1) is 12.6. The summed E-state index contributed by atoms with van der Waals surface area (Å²) in [6.45, 7) is 0.493. The summed E-state index contributed by atoms with van der Waals surface area (Å²) in [7, 11) is 1.41. The first-order chi connectivity index (χ1) is 6.66. The zero-order valence-corrected chi connectivity index (χ0v) is 11.2. The molecular formula is C8H10N3O3Y-. The predicted molar refractivity (Wildman–Crippen MR) is 47.9 cm³/mol. The van der Waals surface area contributed by atoms with Gasteiger partial charge in [0.25, 0.3) is 0 Å². The molecule has 1 aliphatic heterocycles. The second-order valence-corrected chi connectivity index (χ2v) is 3.37. The van der Waals surface area contributed by atoms with Gasteiger partial charge in [0.2, 0.25) is 0 Å². The van der Waals surface area contributed by atoms with Crippen LogP contribution in [0.15, 0.2) is 9.59 Å². The molecule has 0 aliphatic carbocycles. The summed E-state index contributed by atoms with van der Waals surface area (Å²) < 4.78 is 3.51. The van der Waals surface area contributed by atoms with Crippen molar-refractivity contribution < 1.29 is 37.5 Å². The topological polar surface area (TPSA) is 66.0 Å². The summed E-state index contributed by atoms with van der Waals surface area (Å²) in [4.78, 5) is 33.6. The van der Waals surface area contributed by atoms with Gasteiger partial charge in [-0.15, -0.1) is 0 Å². The minimum Gasteiger partial charge on any atom is -0.540 e. The number of aromatic nitrogens is 3. The Kier molecular flexibility index (Phi) is 3.84. The van der Waals surface area contributed by atoms with Gasteiger partial charge >= 0.3 is 11.4 Å². The van der Waals surface area contributed by atoms with Crippen LogP contribution < -0.4 is 11.4 Å². The Morgan fingerprint density at radius 3 is 2.60 bits per heavy atom. The zero-order chi connectivity index (χ0) is 10.3. The van der Waals surface area contributed by atoms with E-state index in [1.807, 2.05) is 0 Å². The van der Waals surface area contributed by atoms with Crippen LogP contribution in [0.1, 0.15) is 18.9 Å². The molecular weight excluding hydrogens is 275 g/mol. The number of carbonyl (C=O) groups excluding carboxylic acids is 1. The van der Waals surface area contributed by atoms with Crippen molar-refractivity contribution >= 4 is 6.29 Å². The van der Waals surface area contributed by atoms with Crippen molar-refractivity contribution in [2.75, 3.05) is 0 Å². The van der Waals surface area contributed by atoms with E-state index < -0.39 is 11.7 Å². The van der Waals surface area contributed by atoms with Gasteiger partial charge in [0, 0.05) is 46.3 Å². The smallest absolute Gasteiger partial charge is 0.346 e. The van der Waals surface area contributed by atoms with Gasteiger partial charge in [0.1, 0.15) is 0 Å². The predicted octanol–water partition coefficient (Wildman–Crippen LogP) is -1.21. The van der Waals surface area contributed by atoms with Gasteiger partial charge in [-0.1, -0.05) is 6.42 Å². The molecule has 0 fully saturated rings. The van der Waals surface area contributed by atoms with Gasteiger partial charge in [0.05, 0.1) is 0 Å². The Morgan fingerprint density at radius 1 is 1.33 bits per heavy atom. The third-order valence-electron chi connectivity index (χ3n) is 2.53. The quantitative estimate of drug-likeness (QED) is 0.608. The third kappa shape index (κ3) is 1.80. The van der Waals surface area contributed by atoms with Crippen molar-refractivity contribution in [2.45, 2.75) is 25.4 Å². The van der Waals surface area contributed by atoms with Gasteiger partial charge in [-0.05, 0) is 12.5 Å². The molecule has 1 unspecified atom stereocenters. The Hall–Kier alpha value is -0.486. The second-order valence-electron chi connectivity index (χ2n) is 3.37. The van der Waals surface area contributed by atoms with E-state index in [1.165, 1.54) is 16.4 Å². The molecule has 15 heavy (non-hydrogen) atoms. The second kappa shape index (κ2) is 4.57. The van der Waals surface area contributed by atoms with Crippen LogP contribution in [-0.4, -0.2) is 20.2 Å². The number of fused-ring (bicyclic) bond motifs is 1. The van der Waals surface area contributed by atoms with Crippen LogP contribution in [0.3, 0.4) is 0 Å². The summed E-state index contributed by atoms with van der Waals surface area (Å²) in [6.07, 6.45) is 3.08. The molecule has 1 aromatic heterocycles. The zero-order valence-electron chi connectivity index (χ0n) is 8.34. The molecule has 6 nitrogen and oxygen atoms in total. The fourth-order valence-electron chi connectivity index (χ4n) is 1.77. The first-order valence-electron chi connectivity index (χ1n) is 4.43. The molecule has 2 heterocycles. The van der Waals surface area contributed by atoms with Crippen LogP contribution >= 0.6 is 0 Å². The fraction of sp³-hybridized carbons (Fsp3) is 0.625. The Balaban J connectivity index is 0.00000112. The van der Waals surface area contributed by atoms with E-state index in [4.69, 9.17) is 0 Å². The summed E-state index contributed by atoms with van der Waals surface area (Å²) in [5, 5.41) is 0. The van der Waals surface area contributed by atoms with E-state index in [0.29, 0.717) is 13.0 Å². The van der Waals surface area contributed by atoms with Gasteiger partial charge in [-0.2, -0.15) is 0 Å². The van der Waals surface area contributed by atoms with Crippen LogP contribution in [-0.2, 0) is 51.1 Å². The molecule has 1 radical (unpaired) electrons. The average molecular weight is 285 g/mol. The normalized spacial score (nSPS) is 19.1. The molecule has 1 atom stereocenters. The minimum absolute atomic E-state index is 0. The Bertz CT molecular complexity index is 484. The van der Waals surface area contributed by atoms with Crippen LogP contribution in [0, 0.1) is 0 Å². The van der Waals surface area contributed by atoms with Crippen molar-refractivity contribution in [2.24, 2.45) is 7.05 Å². The van der Waals surface area contributed by atoms with Crippen molar-refractivity contribution in [1.82, 2.24) is 13.9 Å². The van der Waals surface area contributed by atoms with Crippen molar-refractivity contribution in [3.8, 4) is 0 Å². The van der Waals surface area contributed by atoms with Crippen molar-refractivity contribution in [1.29, 1.82) is 0 Å². The van der Waals surface area contributed by atoms with Gasteiger partial charge < -0.3 is 4.79 Å². The maximum Gasteiger partial charge on any atom is 0.346 e. The fourth-order valence-corrected chi connectivity index (χ4v) is 1.77. The molecule has 1 aliphatic rings. The number of hydrogen-bond donors (Lipinski definition) is 0. The van der Waals surface area contributed by atoms with E-state index in [2.05, 4.69) is 0 Å². The van der Waals surface area contributed by atoms with E-state index in [-0.39, 0.29) is 38.4 Å². The van der Waals surface area contributed by atoms with Gasteiger partial charge in [0.15, 0.2) is 0 Å². The maximum atomic E-state index is 11.5. The Labute approximate surface area is 111 Å². The molecule has 2 rings (SSSR count). The SMILES string of the molecule is Cn1c(=O)n2n(c1=O)C([C-]=O)CCC2.[Y]. The number of hydrogen-bond acceptors (Lipinski definition) is 3. The summed E-state index contributed by atoms with van der Waals surface area (Å²) in [6, 6.07) is -0.606. The molecule has 0 saturated heterocycles. The average Bonchev–Trinajstić information content (AvgIpc) is 2.44. The molecule has 0 spiro atoms. The number of rotatable bonds is 1. The van der Waals surface area contributed by atoms with Crippen LogP contribution in [0.2, 0.25) is 0 Å². The Morgan fingerprint density at radius 2 is 2.00 bits per heavy atom. The van der Waals surface area contributed by atoms with E-state index in [9.17, 15) is 14.4 Å². The summed E-state index contributed by atoms with van der Waals surface area (Å²) in [5.74, 6) is 0. The molecule has 1 aromatic rings. The van der Waals surface area contributed by atoms with Crippen LogP contribution in [0.5, 0.6) is 0 Å². The molecule has 7 heteroatoms. The molecule has 0 N–H and O–H groups in total. The van der Waals surface area contributed by atoms with E-state index in [1.54, 1.807) is 6.29 Å². The molecule has 0 amide bonds. The molecule has 79 valence electrons. The molecule has 0 bridgehead atoms. The summed E-state index contributed by atoms with van der Waals surface area (Å²) in [5.41, 5.74) is -0.807. The van der Waals surface area contributed by atoms with Crippen molar-refractivity contribution in [3.05, 3.63) is 21.0 Å². The van der Waals surface area contributed by atoms with E-state index >= 15 is 0 Å². The monoisotopic (exact) mass is 285 g/mol.